The number of urea groups is 1. The summed E-state index contributed by atoms with van der Waals surface area (Å²) in [4.78, 5) is 26.2. The molecular formula is C20H19ClN4O3. The summed E-state index contributed by atoms with van der Waals surface area (Å²) in [6.45, 7) is 1.66. The van der Waals surface area contributed by atoms with Crippen LogP contribution in [-0.4, -0.2) is 31.2 Å². The second kappa shape index (κ2) is 8.14. The number of halogens is 1. The van der Waals surface area contributed by atoms with Crippen molar-refractivity contribution in [2.45, 2.75) is 6.92 Å². The van der Waals surface area contributed by atoms with Gasteiger partial charge in [-0.05, 0) is 31.2 Å². The van der Waals surface area contributed by atoms with E-state index in [-0.39, 0.29) is 11.9 Å². The fourth-order valence-electron chi connectivity index (χ4n) is 2.75. The molecule has 0 spiro atoms. The number of amides is 3. The molecule has 3 amide bonds. The standard InChI is InChI=1S/C20H19ClN4O3/c1-12-17(18(24-28-12)15-9-4-5-10-16(15)21)19(26)23-13-7-6-8-14(11-13)25(3)20(27)22-2/h4-11H,1-3H3,(H,22,27)(H,23,26). The highest BCUT2D eigenvalue weighted by Gasteiger charge is 2.23. The van der Waals surface area contributed by atoms with Gasteiger partial charge in [0.05, 0.1) is 5.02 Å². The number of anilines is 2. The van der Waals surface area contributed by atoms with Crippen molar-refractivity contribution in [1.82, 2.24) is 10.5 Å². The van der Waals surface area contributed by atoms with Crippen LogP contribution in [0.25, 0.3) is 11.3 Å². The highest BCUT2D eigenvalue weighted by molar-refractivity contribution is 6.33. The maximum absolute atomic E-state index is 12.9. The Bertz CT molecular complexity index is 1030. The average Bonchev–Trinajstić information content (AvgIpc) is 3.08. The Hall–Kier alpha value is -3.32. The molecule has 144 valence electrons. The first-order valence-corrected chi connectivity index (χ1v) is 8.88. The van der Waals surface area contributed by atoms with Gasteiger partial charge in [0.1, 0.15) is 17.0 Å². The average molecular weight is 399 g/mol. The molecule has 0 radical (unpaired) electrons. The Balaban J connectivity index is 1.90. The molecule has 0 bridgehead atoms. The summed E-state index contributed by atoms with van der Waals surface area (Å²) in [5, 5.41) is 9.86. The van der Waals surface area contributed by atoms with Crippen molar-refractivity contribution in [3.8, 4) is 11.3 Å². The molecule has 1 aromatic heterocycles. The smallest absolute Gasteiger partial charge is 0.321 e. The molecule has 0 atom stereocenters. The Morgan fingerprint density at radius 2 is 1.89 bits per heavy atom. The van der Waals surface area contributed by atoms with Crippen molar-refractivity contribution in [3.63, 3.8) is 0 Å². The van der Waals surface area contributed by atoms with Gasteiger partial charge in [0.15, 0.2) is 0 Å². The van der Waals surface area contributed by atoms with E-state index in [9.17, 15) is 9.59 Å². The molecule has 0 saturated heterocycles. The monoisotopic (exact) mass is 398 g/mol. The number of nitrogens with one attached hydrogen (secondary N) is 2. The maximum Gasteiger partial charge on any atom is 0.321 e. The van der Waals surface area contributed by atoms with Gasteiger partial charge in [-0.2, -0.15) is 0 Å². The lowest BCUT2D eigenvalue weighted by Gasteiger charge is -2.17. The highest BCUT2D eigenvalue weighted by Crippen LogP contribution is 2.31. The van der Waals surface area contributed by atoms with Crippen LogP contribution in [0.3, 0.4) is 0 Å². The third-order valence-electron chi connectivity index (χ3n) is 4.23. The van der Waals surface area contributed by atoms with E-state index in [2.05, 4.69) is 15.8 Å². The first kappa shape index (κ1) is 19.4. The lowest BCUT2D eigenvalue weighted by atomic mass is 10.1. The molecule has 0 fully saturated rings. The zero-order chi connectivity index (χ0) is 20.3. The third kappa shape index (κ3) is 3.84. The van der Waals surface area contributed by atoms with Crippen LogP contribution in [0.15, 0.2) is 53.1 Å². The molecule has 0 aliphatic carbocycles. The Labute approximate surface area is 167 Å². The summed E-state index contributed by atoms with van der Waals surface area (Å²) in [5.41, 5.74) is 2.45. The number of hydrogen-bond acceptors (Lipinski definition) is 4. The van der Waals surface area contributed by atoms with Crippen molar-refractivity contribution >= 4 is 34.9 Å². The van der Waals surface area contributed by atoms with Crippen molar-refractivity contribution in [1.29, 1.82) is 0 Å². The first-order valence-electron chi connectivity index (χ1n) is 8.50. The summed E-state index contributed by atoms with van der Waals surface area (Å²) in [6, 6.07) is 13.8. The number of carbonyl (C=O) groups excluding carboxylic acids is 2. The van der Waals surface area contributed by atoms with E-state index < -0.39 is 0 Å². The van der Waals surface area contributed by atoms with Crippen molar-refractivity contribution in [3.05, 3.63) is 64.9 Å². The predicted molar refractivity (Wildman–Crippen MR) is 109 cm³/mol. The van der Waals surface area contributed by atoms with Gasteiger partial charge in [-0.3, -0.25) is 9.69 Å². The predicted octanol–water partition coefficient (Wildman–Crippen LogP) is 4.33. The van der Waals surface area contributed by atoms with Crippen LogP contribution in [-0.2, 0) is 0 Å². The summed E-state index contributed by atoms with van der Waals surface area (Å²) in [6.07, 6.45) is 0. The van der Waals surface area contributed by atoms with Crippen LogP contribution in [0.2, 0.25) is 5.02 Å². The SMILES string of the molecule is CNC(=O)N(C)c1cccc(NC(=O)c2c(-c3ccccc3Cl)noc2C)c1. The molecule has 0 aliphatic heterocycles. The van der Waals surface area contributed by atoms with Crippen LogP contribution < -0.4 is 15.5 Å². The second-order valence-electron chi connectivity index (χ2n) is 6.06. The van der Waals surface area contributed by atoms with Crippen molar-refractivity contribution in [2.75, 3.05) is 24.3 Å². The fraction of sp³-hybridized carbons (Fsp3) is 0.150. The Morgan fingerprint density at radius 1 is 1.14 bits per heavy atom. The van der Waals surface area contributed by atoms with Gasteiger partial charge in [0.2, 0.25) is 0 Å². The minimum absolute atomic E-state index is 0.264. The molecule has 0 unspecified atom stereocenters. The minimum Gasteiger partial charge on any atom is -0.360 e. The van der Waals surface area contributed by atoms with E-state index in [1.165, 1.54) is 4.90 Å². The molecule has 3 rings (SSSR count). The van der Waals surface area contributed by atoms with Gasteiger partial charge >= 0.3 is 6.03 Å². The topological polar surface area (TPSA) is 87.5 Å². The molecule has 2 aromatic carbocycles. The molecule has 8 heteroatoms. The van der Waals surface area contributed by atoms with Crippen molar-refractivity contribution in [2.24, 2.45) is 0 Å². The number of aromatic nitrogens is 1. The van der Waals surface area contributed by atoms with Gasteiger partial charge < -0.3 is 15.2 Å². The van der Waals surface area contributed by atoms with Crippen LogP contribution in [0.4, 0.5) is 16.2 Å². The molecule has 28 heavy (non-hydrogen) atoms. The van der Waals surface area contributed by atoms with Crippen LogP contribution in [0.5, 0.6) is 0 Å². The Morgan fingerprint density at radius 3 is 2.61 bits per heavy atom. The lowest BCUT2D eigenvalue weighted by molar-refractivity contribution is 0.102. The van der Waals surface area contributed by atoms with E-state index in [0.29, 0.717) is 39.0 Å². The summed E-state index contributed by atoms with van der Waals surface area (Å²) < 4.78 is 5.24. The van der Waals surface area contributed by atoms with Gasteiger partial charge in [0.25, 0.3) is 5.91 Å². The number of rotatable bonds is 4. The zero-order valence-electron chi connectivity index (χ0n) is 15.6. The van der Waals surface area contributed by atoms with E-state index in [0.717, 1.165) is 0 Å². The maximum atomic E-state index is 12.9. The summed E-state index contributed by atoms with van der Waals surface area (Å²) >= 11 is 6.25. The normalized spacial score (nSPS) is 10.4. The first-order chi connectivity index (χ1) is 13.4. The molecule has 0 aliphatic rings. The molecule has 3 aromatic rings. The molecular weight excluding hydrogens is 380 g/mol. The van der Waals surface area contributed by atoms with Crippen molar-refractivity contribution < 1.29 is 14.1 Å². The van der Waals surface area contributed by atoms with Gasteiger partial charge in [-0.15, -0.1) is 0 Å². The summed E-state index contributed by atoms with van der Waals surface area (Å²) in [7, 11) is 3.19. The minimum atomic E-state index is -0.381. The Kier molecular flexibility index (Phi) is 5.65. The number of carbonyl (C=O) groups is 2. The fourth-order valence-corrected chi connectivity index (χ4v) is 2.97. The molecule has 2 N–H and O–H groups in total. The summed E-state index contributed by atoms with van der Waals surface area (Å²) in [5.74, 6) is -0.000492. The quantitative estimate of drug-likeness (QED) is 0.684. The number of nitrogens with zero attached hydrogens (tertiary/aromatic N) is 2. The number of benzene rings is 2. The highest BCUT2D eigenvalue weighted by atomic mass is 35.5. The zero-order valence-corrected chi connectivity index (χ0v) is 16.4. The van der Waals surface area contributed by atoms with E-state index in [1.54, 1.807) is 63.5 Å². The van der Waals surface area contributed by atoms with Crippen LogP contribution >= 0.6 is 11.6 Å². The van der Waals surface area contributed by atoms with E-state index in [1.807, 2.05) is 6.07 Å². The van der Waals surface area contributed by atoms with Crippen LogP contribution in [0, 0.1) is 6.92 Å². The van der Waals surface area contributed by atoms with Gasteiger partial charge in [0, 0.05) is 31.0 Å². The van der Waals surface area contributed by atoms with Crippen LogP contribution in [0.1, 0.15) is 16.1 Å². The molecule has 0 saturated carbocycles. The lowest BCUT2D eigenvalue weighted by Crippen LogP contribution is -2.34. The van der Waals surface area contributed by atoms with E-state index in [4.69, 9.17) is 16.1 Å². The number of hydrogen-bond donors (Lipinski definition) is 2. The third-order valence-corrected chi connectivity index (χ3v) is 4.56. The molecule has 7 nitrogen and oxygen atoms in total. The largest absolute Gasteiger partial charge is 0.360 e. The van der Waals surface area contributed by atoms with E-state index >= 15 is 0 Å². The molecule has 1 heterocycles. The number of aryl methyl sites for hydroxylation is 1. The van der Waals surface area contributed by atoms with Gasteiger partial charge in [-0.25, -0.2) is 4.79 Å². The second-order valence-corrected chi connectivity index (χ2v) is 6.47. The van der Waals surface area contributed by atoms with Gasteiger partial charge in [-0.1, -0.05) is 41.0 Å².